The number of rotatable bonds is 7. The molecule has 0 aliphatic rings. The molecule has 0 atom stereocenters. The van der Waals surface area contributed by atoms with E-state index in [0.717, 1.165) is 25.8 Å². The second-order valence-electron chi connectivity index (χ2n) is 6.78. The van der Waals surface area contributed by atoms with E-state index in [1.165, 1.54) is 6.08 Å². The summed E-state index contributed by atoms with van der Waals surface area (Å²) in [6.45, 7) is 3.53. The van der Waals surface area contributed by atoms with Crippen LogP contribution in [0.25, 0.3) is 17.4 Å². The Morgan fingerprint density at radius 2 is 1.97 bits per heavy atom. The van der Waals surface area contributed by atoms with Crippen LogP contribution >= 0.6 is 43.2 Å². The number of benzene rings is 1. The number of carbonyl (C=O) groups excluding carboxylic acids is 2. The van der Waals surface area contributed by atoms with Crippen molar-refractivity contribution in [1.29, 1.82) is 10.5 Å². The van der Waals surface area contributed by atoms with Crippen LogP contribution in [0.1, 0.15) is 38.4 Å². The molecule has 0 unspecified atom stereocenters. The Bertz CT molecular complexity index is 1360. The number of nitrogens with zero attached hydrogens (tertiary/aromatic N) is 2. The molecule has 0 radical (unpaired) electrons. The summed E-state index contributed by atoms with van der Waals surface area (Å²) in [4.78, 5) is 25.7. The first-order chi connectivity index (χ1) is 15.8. The molecule has 3 rings (SSSR count). The number of thiophene rings is 1. The van der Waals surface area contributed by atoms with Gasteiger partial charge in [0.25, 0.3) is 0 Å². The van der Waals surface area contributed by atoms with E-state index in [0.29, 0.717) is 22.0 Å². The lowest BCUT2D eigenvalue weighted by Crippen LogP contribution is -2.05. The van der Waals surface area contributed by atoms with Gasteiger partial charge in [0.05, 0.1) is 17.7 Å². The third kappa shape index (κ3) is 5.51. The van der Waals surface area contributed by atoms with Gasteiger partial charge in [0.1, 0.15) is 28.5 Å². The molecule has 9 heteroatoms. The number of ether oxygens (including phenoxy) is 1. The van der Waals surface area contributed by atoms with Gasteiger partial charge >= 0.3 is 5.97 Å². The van der Waals surface area contributed by atoms with Crippen molar-refractivity contribution < 1.29 is 18.7 Å². The Morgan fingerprint density at radius 1 is 1.21 bits per heavy atom. The third-order valence-corrected chi connectivity index (χ3v) is 7.10. The molecule has 2 heterocycles. The molecule has 0 saturated heterocycles. The fraction of sp³-hybridized carbons (Fsp3) is 0.167. The van der Waals surface area contributed by atoms with Crippen LogP contribution in [0, 0.1) is 29.6 Å². The molecular formula is C24H16Br2N2O4S. The van der Waals surface area contributed by atoms with E-state index in [-0.39, 0.29) is 29.0 Å². The molecule has 33 heavy (non-hydrogen) atoms. The summed E-state index contributed by atoms with van der Waals surface area (Å²) >= 11 is 7.95. The molecule has 2 aromatic heterocycles. The number of halogens is 2. The topological polar surface area (TPSA) is 104 Å². The average molecular weight is 588 g/mol. The minimum absolute atomic E-state index is 0.114. The summed E-state index contributed by atoms with van der Waals surface area (Å²) in [5.41, 5.74) is 1.43. The maximum absolute atomic E-state index is 12.8. The molecular weight excluding hydrogens is 572 g/mol. The Hall–Kier alpha value is -2.98. The molecule has 0 aliphatic carbocycles. The standard InChI is InChI=1S/C24H16Br2N2O4S/c1-3-31-24(30)23-13(2)18(12-28)22(33-23)10-20(29)14(11-27)8-16-5-7-21(32-16)17-9-15(25)4-6-19(17)26/h4-9H,3,10H2,1-2H3/b14-8-. The summed E-state index contributed by atoms with van der Waals surface area (Å²) < 4.78 is 12.6. The molecule has 0 N–H and O–H groups in total. The summed E-state index contributed by atoms with van der Waals surface area (Å²) in [5.74, 6) is -0.101. The number of Topliss-reactive ketones (excluding diaryl/α,β-unsaturated/α-hetero) is 1. The number of hydrogen-bond acceptors (Lipinski definition) is 7. The molecule has 1 aromatic carbocycles. The molecule has 166 valence electrons. The van der Waals surface area contributed by atoms with Crippen LogP contribution in [0.4, 0.5) is 0 Å². The van der Waals surface area contributed by atoms with Crippen molar-refractivity contribution in [2.24, 2.45) is 0 Å². The predicted octanol–water partition coefficient (Wildman–Crippen LogP) is 6.61. The first-order valence-corrected chi connectivity index (χ1v) is 12.1. The van der Waals surface area contributed by atoms with Crippen LogP contribution in [-0.2, 0) is 16.0 Å². The van der Waals surface area contributed by atoms with Gasteiger partial charge < -0.3 is 9.15 Å². The molecule has 3 aromatic rings. The fourth-order valence-electron chi connectivity index (χ4n) is 3.06. The Morgan fingerprint density at radius 3 is 2.64 bits per heavy atom. The second kappa shape index (κ2) is 10.8. The van der Waals surface area contributed by atoms with Crippen molar-refractivity contribution in [3.8, 4) is 23.5 Å². The van der Waals surface area contributed by atoms with E-state index < -0.39 is 11.8 Å². The van der Waals surface area contributed by atoms with E-state index >= 15 is 0 Å². The minimum Gasteiger partial charge on any atom is -0.462 e. The summed E-state index contributed by atoms with van der Waals surface area (Å²) in [7, 11) is 0. The molecule has 0 amide bonds. The lowest BCUT2D eigenvalue weighted by Gasteiger charge is -2.02. The molecule has 6 nitrogen and oxygen atoms in total. The minimum atomic E-state index is -0.534. The van der Waals surface area contributed by atoms with E-state index in [1.54, 1.807) is 26.0 Å². The first-order valence-electron chi connectivity index (χ1n) is 9.68. The third-order valence-electron chi connectivity index (χ3n) is 4.64. The number of furan rings is 1. The Balaban J connectivity index is 1.87. The summed E-state index contributed by atoms with van der Waals surface area (Å²) in [5, 5.41) is 19.1. The SMILES string of the molecule is CCOC(=O)c1sc(CC(=O)/C(C#N)=C\c2ccc(-c3cc(Br)ccc3Br)o2)c(C#N)c1C. The van der Waals surface area contributed by atoms with Gasteiger partial charge in [-0.25, -0.2) is 4.79 Å². The molecule has 0 bridgehead atoms. The predicted molar refractivity (Wildman–Crippen MR) is 132 cm³/mol. The van der Waals surface area contributed by atoms with Crippen LogP contribution in [-0.4, -0.2) is 18.4 Å². The van der Waals surface area contributed by atoms with Crippen molar-refractivity contribution >= 4 is 61.0 Å². The van der Waals surface area contributed by atoms with Gasteiger partial charge in [-0.2, -0.15) is 10.5 Å². The van der Waals surface area contributed by atoms with Gasteiger partial charge in [-0.3, -0.25) is 4.79 Å². The van der Waals surface area contributed by atoms with Crippen LogP contribution in [0.2, 0.25) is 0 Å². The number of nitriles is 2. The van der Waals surface area contributed by atoms with Crippen molar-refractivity contribution in [3.63, 3.8) is 0 Å². The zero-order valence-electron chi connectivity index (χ0n) is 17.6. The summed E-state index contributed by atoms with van der Waals surface area (Å²) in [6.07, 6.45) is 1.19. The van der Waals surface area contributed by atoms with Gasteiger partial charge in [0.15, 0.2) is 5.78 Å². The second-order valence-corrected chi connectivity index (χ2v) is 9.66. The zero-order chi connectivity index (χ0) is 24.1. The van der Waals surface area contributed by atoms with E-state index in [2.05, 4.69) is 31.9 Å². The highest BCUT2D eigenvalue weighted by Gasteiger charge is 2.23. The quantitative estimate of drug-likeness (QED) is 0.175. The van der Waals surface area contributed by atoms with Gasteiger partial charge in [0.2, 0.25) is 0 Å². The lowest BCUT2D eigenvalue weighted by atomic mass is 10.0. The van der Waals surface area contributed by atoms with Crippen molar-refractivity contribution in [3.05, 3.63) is 71.5 Å². The van der Waals surface area contributed by atoms with Gasteiger partial charge in [-0.1, -0.05) is 31.9 Å². The Labute approximate surface area is 211 Å². The normalized spacial score (nSPS) is 11.0. The number of esters is 1. The van der Waals surface area contributed by atoms with Crippen LogP contribution in [0.3, 0.4) is 0 Å². The average Bonchev–Trinajstić information content (AvgIpc) is 3.37. The van der Waals surface area contributed by atoms with Crippen molar-refractivity contribution in [2.75, 3.05) is 6.61 Å². The fourth-order valence-corrected chi connectivity index (χ4v) is 5.01. The van der Waals surface area contributed by atoms with Gasteiger partial charge in [-0.05, 0) is 49.7 Å². The lowest BCUT2D eigenvalue weighted by molar-refractivity contribution is -0.114. The van der Waals surface area contributed by atoms with Gasteiger partial charge in [-0.15, -0.1) is 11.3 Å². The first kappa shape index (κ1) is 24.7. The highest BCUT2D eigenvalue weighted by molar-refractivity contribution is 9.11. The van der Waals surface area contributed by atoms with E-state index in [4.69, 9.17) is 9.15 Å². The van der Waals surface area contributed by atoms with E-state index in [1.807, 2.05) is 30.3 Å². The molecule has 0 saturated carbocycles. The van der Waals surface area contributed by atoms with Crippen molar-refractivity contribution in [1.82, 2.24) is 0 Å². The number of ketones is 1. The number of carbonyl (C=O) groups is 2. The zero-order valence-corrected chi connectivity index (χ0v) is 21.6. The smallest absolute Gasteiger partial charge is 0.348 e. The molecule has 0 aliphatic heterocycles. The highest BCUT2D eigenvalue weighted by Crippen LogP contribution is 2.33. The van der Waals surface area contributed by atoms with Crippen LogP contribution in [0.5, 0.6) is 0 Å². The molecule has 0 fully saturated rings. The monoisotopic (exact) mass is 586 g/mol. The van der Waals surface area contributed by atoms with Crippen LogP contribution < -0.4 is 0 Å². The Kier molecular flexibility index (Phi) is 8.04. The highest BCUT2D eigenvalue weighted by atomic mass is 79.9. The van der Waals surface area contributed by atoms with E-state index in [9.17, 15) is 20.1 Å². The van der Waals surface area contributed by atoms with Crippen LogP contribution in [0.15, 0.2) is 49.3 Å². The number of hydrogen-bond donors (Lipinski definition) is 0. The maximum Gasteiger partial charge on any atom is 0.348 e. The van der Waals surface area contributed by atoms with Gasteiger partial charge in [0, 0.05) is 31.9 Å². The van der Waals surface area contributed by atoms with Crippen molar-refractivity contribution in [2.45, 2.75) is 20.3 Å². The largest absolute Gasteiger partial charge is 0.462 e. The maximum atomic E-state index is 12.8. The summed E-state index contributed by atoms with van der Waals surface area (Å²) in [6, 6.07) is 13.0. The molecule has 0 spiro atoms. The number of allylic oxidation sites excluding steroid dienone is 1.